The normalized spacial score (nSPS) is 16.5. The Bertz CT molecular complexity index is 997. The van der Waals surface area contributed by atoms with Crippen LogP contribution in [0.4, 0.5) is 13.2 Å². The molecule has 0 saturated heterocycles. The highest BCUT2D eigenvalue weighted by atomic mass is 35.5. The molecule has 1 unspecified atom stereocenters. The Morgan fingerprint density at radius 2 is 1.67 bits per heavy atom. The predicted octanol–water partition coefficient (Wildman–Crippen LogP) is 6.84. The minimum atomic E-state index is -4.60. The van der Waals surface area contributed by atoms with Gasteiger partial charge < -0.3 is 11.1 Å². The van der Waals surface area contributed by atoms with E-state index in [1.807, 2.05) is 0 Å². The molecule has 0 bridgehead atoms. The third-order valence-electron chi connectivity index (χ3n) is 4.59. The summed E-state index contributed by atoms with van der Waals surface area (Å²) in [6.45, 7) is 0. The fraction of sp³-hybridized carbons (Fsp3) is 0.250. The van der Waals surface area contributed by atoms with Crippen LogP contribution in [0.25, 0.3) is 6.08 Å². The molecule has 1 aliphatic carbocycles. The fourth-order valence-electron chi connectivity index (χ4n) is 2.74. The smallest absolute Gasteiger partial charge is 0.334 e. The molecule has 30 heavy (non-hydrogen) atoms. The highest BCUT2D eigenvalue weighted by molar-refractivity contribution is 6.48. The summed E-state index contributed by atoms with van der Waals surface area (Å²) in [6, 6.07) is 6.57. The number of nitrogens with one attached hydrogen (secondary N) is 1. The van der Waals surface area contributed by atoms with E-state index in [4.69, 9.17) is 52.1 Å². The van der Waals surface area contributed by atoms with Crippen LogP contribution in [0.3, 0.4) is 0 Å². The number of carbonyl (C=O) groups is 1. The number of hydrogen-bond donors (Lipinski definition) is 2. The van der Waals surface area contributed by atoms with Crippen molar-refractivity contribution in [3.63, 3.8) is 0 Å². The van der Waals surface area contributed by atoms with Gasteiger partial charge in [0.15, 0.2) is 0 Å². The number of amides is 1. The van der Waals surface area contributed by atoms with Gasteiger partial charge in [-0.3, -0.25) is 4.79 Å². The zero-order valence-electron chi connectivity index (χ0n) is 15.2. The van der Waals surface area contributed by atoms with Gasteiger partial charge >= 0.3 is 6.18 Å². The number of benzene rings is 2. The van der Waals surface area contributed by atoms with E-state index >= 15 is 0 Å². The molecule has 3 N–H and O–H groups in total. The van der Waals surface area contributed by atoms with E-state index in [-0.39, 0.29) is 31.2 Å². The minimum Gasteiger partial charge on any atom is -0.334 e. The SMILES string of the molecule is NC1(NC(=O)c2ccc(C=CC(c3cc(Cl)c(Cl)c(Cl)c3)C(F)(F)F)cc2Cl)CC1. The first-order chi connectivity index (χ1) is 13.9. The van der Waals surface area contributed by atoms with Gasteiger partial charge in [-0.2, -0.15) is 13.2 Å². The Balaban J connectivity index is 1.86. The van der Waals surface area contributed by atoms with E-state index in [2.05, 4.69) is 5.32 Å². The van der Waals surface area contributed by atoms with Crippen LogP contribution in [0.2, 0.25) is 20.1 Å². The van der Waals surface area contributed by atoms with Gasteiger partial charge in [-0.1, -0.05) is 64.6 Å². The second-order valence-corrected chi connectivity index (χ2v) is 8.63. The Morgan fingerprint density at radius 1 is 1.07 bits per heavy atom. The lowest BCUT2D eigenvalue weighted by atomic mass is 9.97. The van der Waals surface area contributed by atoms with E-state index in [1.54, 1.807) is 0 Å². The average molecular weight is 498 g/mol. The summed E-state index contributed by atoms with van der Waals surface area (Å²) < 4.78 is 40.9. The molecule has 0 heterocycles. The molecule has 10 heteroatoms. The number of allylic oxidation sites excluding steroid dienone is 1. The molecule has 0 aliphatic heterocycles. The Labute approximate surface area is 190 Å². The molecular weight excluding hydrogens is 483 g/mol. The van der Waals surface area contributed by atoms with Gasteiger partial charge in [0.1, 0.15) is 0 Å². The van der Waals surface area contributed by atoms with Gasteiger partial charge in [0, 0.05) is 0 Å². The molecule has 1 amide bonds. The first-order valence-corrected chi connectivity index (χ1v) is 10.2. The van der Waals surface area contributed by atoms with Gasteiger partial charge in [-0.25, -0.2) is 0 Å². The highest BCUT2D eigenvalue weighted by Crippen LogP contribution is 2.41. The predicted molar refractivity (Wildman–Crippen MR) is 114 cm³/mol. The zero-order valence-corrected chi connectivity index (χ0v) is 18.2. The van der Waals surface area contributed by atoms with Crippen LogP contribution in [0.5, 0.6) is 0 Å². The van der Waals surface area contributed by atoms with Crippen LogP contribution < -0.4 is 11.1 Å². The van der Waals surface area contributed by atoms with E-state index in [9.17, 15) is 18.0 Å². The van der Waals surface area contributed by atoms with E-state index in [0.29, 0.717) is 18.4 Å². The maximum absolute atomic E-state index is 13.6. The molecule has 0 radical (unpaired) electrons. The second-order valence-electron chi connectivity index (χ2n) is 7.03. The number of rotatable bonds is 5. The van der Waals surface area contributed by atoms with E-state index < -0.39 is 23.7 Å². The Morgan fingerprint density at radius 3 is 2.17 bits per heavy atom. The Kier molecular flexibility index (Phi) is 6.65. The highest BCUT2D eigenvalue weighted by Gasteiger charge is 2.40. The average Bonchev–Trinajstić information content (AvgIpc) is 3.35. The van der Waals surface area contributed by atoms with Crippen molar-refractivity contribution in [3.8, 4) is 0 Å². The standard InChI is InChI=1S/C20H15Cl4F3N2O/c21-14-7-10(1-3-12(14)18(30)29-19(28)5-6-19)2-4-13(20(25,26)27)11-8-15(22)17(24)16(23)9-11/h1-4,7-9,13H,5-6,28H2,(H,29,30). The summed E-state index contributed by atoms with van der Waals surface area (Å²) in [4.78, 5) is 12.2. The van der Waals surface area contributed by atoms with Crippen LogP contribution in [0, 0.1) is 0 Å². The van der Waals surface area contributed by atoms with Crippen LogP contribution in [-0.2, 0) is 0 Å². The van der Waals surface area contributed by atoms with Crippen molar-refractivity contribution in [1.82, 2.24) is 5.32 Å². The van der Waals surface area contributed by atoms with Crippen molar-refractivity contribution in [2.24, 2.45) is 5.73 Å². The van der Waals surface area contributed by atoms with Crippen molar-refractivity contribution < 1.29 is 18.0 Å². The van der Waals surface area contributed by atoms with Crippen molar-refractivity contribution in [3.05, 3.63) is 73.2 Å². The van der Waals surface area contributed by atoms with Crippen LogP contribution in [0.15, 0.2) is 36.4 Å². The van der Waals surface area contributed by atoms with Gasteiger partial charge in [-0.15, -0.1) is 0 Å². The third-order valence-corrected chi connectivity index (χ3v) is 6.10. The number of carbonyl (C=O) groups excluding carboxylic acids is 1. The maximum atomic E-state index is 13.6. The van der Waals surface area contributed by atoms with Gasteiger partial charge in [-0.05, 0) is 48.2 Å². The van der Waals surface area contributed by atoms with E-state index in [1.165, 1.54) is 24.3 Å². The van der Waals surface area contributed by atoms with Crippen LogP contribution in [0.1, 0.15) is 40.2 Å². The molecule has 3 nitrogen and oxygen atoms in total. The van der Waals surface area contributed by atoms with Crippen molar-refractivity contribution in [2.45, 2.75) is 30.6 Å². The number of halogens is 7. The summed E-state index contributed by atoms with van der Waals surface area (Å²) in [5.74, 6) is -2.41. The van der Waals surface area contributed by atoms with Crippen molar-refractivity contribution in [2.75, 3.05) is 0 Å². The quantitative estimate of drug-likeness (QED) is 0.351. The maximum Gasteiger partial charge on any atom is 0.399 e. The first-order valence-electron chi connectivity index (χ1n) is 8.70. The van der Waals surface area contributed by atoms with Crippen LogP contribution >= 0.6 is 46.4 Å². The number of nitrogens with two attached hydrogens (primary N) is 1. The topological polar surface area (TPSA) is 55.1 Å². The summed E-state index contributed by atoms with van der Waals surface area (Å²) in [7, 11) is 0. The minimum absolute atomic E-state index is 0.0157. The number of hydrogen-bond acceptors (Lipinski definition) is 2. The molecule has 2 aromatic carbocycles. The second kappa shape index (κ2) is 8.60. The van der Waals surface area contributed by atoms with Gasteiger partial charge in [0.05, 0.1) is 37.2 Å². The molecule has 1 aliphatic rings. The molecule has 1 saturated carbocycles. The van der Waals surface area contributed by atoms with E-state index in [0.717, 1.165) is 18.2 Å². The number of alkyl halides is 3. The molecule has 160 valence electrons. The summed E-state index contributed by atoms with van der Waals surface area (Å²) in [5, 5.41) is 2.60. The molecule has 1 fully saturated rings. The largest absolute Gasteiger partial charge is 0.399 e. The molecule has 3 rings (SSSR count). The lowest BCUT2D eigenvalue weighted by Gasteiger charge is -2.18. The summed E-state index contributed by atoms with van der Waals surface area (Å²) in [6.07, 6.45) is -1.03. The summed E-state index contributed by atoms with van der Waals surface area (Å²) in [5.41, 5.74) is 5.56. The van der Waals surface area contributed by atoms with Crippen LogP contribution in [-0.4, -0.2) is 17.7 Å². The summed E-state index contributed by atoms with van der Waals surface area (Å²) >= 11 is 23.7. The molecule has 1 atom stereocenters. The van der Waals surface area contributed by atoms with Crippen molar-refractivity contribution >= 4 is 58.4 Å². The Hall–Kier alpha value is -1.44. The molecule has 0 spiro atoms. The monoisotopic (exact) mass is 496 g/mol. The molecular formula is C20H15Cl4F3N2O. The molecule has 2 aromatic rings. The van der Waals surface area contributed by atoms with Gasteiger partial charge in [0.2, 0.25) is 0 Å². The lowest BCUT2D eigenvalue weighted by Crippen LogP contribution is -2.43. The first kappa shape index (κ1) is 23.2. The zero-order chi connectivity index (χ0) is 22.3. The van der Waals surface area contributed by atoms with Gasteiger partial charge in [0.25, 0.3) is 5.91 Å². The molecule has 0 aromatic heterocycles. The lowest BCUT2D eigenvalue weighted by molar-refractivity contribution is -0.139. The fourth-order valence-corrected chi connectivity index (χ4v) is 3.63. The van der Waals surface area contributed by atoms with Crippen molar-refractivity contribution in [1.29, 1.82) is 0 Å². The third kappa shape index (κ3) is 5.42.